The smallest absolute Gasteiger partial charge is 0.162 e. The Morgan fingerprint density at radius 3 is 1.41 bits per heavy atom. The largest absolute Gasteiger partial charge is 0.487 e. The lowest BCUT2D eigenvalue weighted by molar-refractivity contribution is 0.00708. The molecule has 0 saturated carbocycles. The molecule has 2 heterocycles. The van der Waals surface area contributed by atoms with Gasteiger partial charge in [-0.05, 0) is 12.1 Å². The van der Waals surface area contributed by atoms with E-state index in [1.165, 1.54) is 0 Å². The molecule has 0 amide bonds. The van der Waals surface area contributed by atoms with Gasteiger partial charge in [0.2, 0.25) is 0 Å². The van der Waals surface area contributed by atoms with Crippen LogP contribution in [0.15, 0.2) is 29.1 Å². The molecule has 2 aromatic rings. The summed E-state index contributed by atoms with van der Waals surface area (Å²) >= 11 is 0. The molecule has 0 aliphatic carbocycles. The van der Waals surface area contributed by atoms with E-state index in [4.69, 9.17) is 28.1 Å². The quantitative estimate of drug-likeness (QED) is 0.744. The van der Waals surface area contributed by atoms with Crippen molar-refractivity contribution in [3.05, 3.63) is 24.7 Å². The first kappa shape index (κ1) is 15.1. The minimum atomic E-state index is 0.455. The van der Waals surface area contributed by atoms with Crippen molar-refractivity contribution in [1.82, 2.24) is 0 Å². The summed E-state index contributed by atoms with van der Waals surface area (Å²) in [5, 5.41) is 1.96. The van der Waals surface area contributed by atoms with Gasteiger partial charge in [0.05, 0.1) is 52.2 Å². The van der Waals surface area contributed by atoms with Crippen LogP contribution in [0, 0.1) is 0 Å². The fourth-order valence-corrected chi connectivity index (χ4v) is 2.16. The molecule has 0 unspecified atom stereocenters. The third kappa shape index (κ3) is 4.13. The fourth-order valence-electron chi connectivity index (χ4n) is 2.16. The van der Waals surface area contributed by atoms with Crippen LogP contribution in [0.4, 0.5) is 0 Å². The summed E-state index contributed by atoms with van der Waals surface area (Å²) in [4.78, 5) is 0. The number of benzene rings is 1. The van der Waals surface area contributed by atoms with Crippen LogP contribution in [-0.4, -0.2) is 52.9 Å². The Kier molecular flexibility index (Phi) is 5.53. The van der Waals surface area contributed by atoms with Crippen LogP contribution >= 0.6 is 0 Å². The molecule has 0 fully saturated rings. The van der Waals surface area contributed by atoms with Gasteiger partial charge in [-0.25, -0.2) is 0 Å². The Hall–Kier alpha value is -1.76. The third-order valence-electron chi connectivity index (χ3n) is 3.25. The monoisotopic (exact) mass is 308 g/mol. The van der Waals surface area contributed by atoms with E-state index in [2.05, 4.69) is 0 Å². The number of furan rings is 1. The summed E-state index contributed by atoms with van der Waals surface area (Å²) in [6.07, 6.45) is 3.37. The second kappa shape index (κ2) is 8.03. The maximum absolute atomic E-state index is 5.77. The van der Waals surface area contributed by atoms with E-state index in [-0.39, 0.29) is 0 Å². The van der Waals surface area contributed by atoms with Crippen molar-refractivity contribution in [2.75, 3.05) is 52.9 Å². The molecular formula is C16H20O6. The highest BCUT2D eigenvalue weighted by atomic mass is 16.6. The summed E-state index contributed by atoms with van der Waals surface area (Å²) < 4.78 is 33.0. The van der Waals surface area contributed by atoms with Crippen molar-refractivity contribution >= 4 is 10.8 Å². The van der Waals surface area contributed by atoms with Crippen LogP contribution in [0.25, 0.3) is 10.8 Å². The van der Waals surface area contributed by atoms with E-state index in [1.807, 2.05) is 12.1 Å². The van der Waals surface area contributed by atoms with Crippen molar-refractivity contribution in [3.63, 3.8) is 0 Å². The van der Waals surface area contributed by atoms with E-state index in [9.17, 15) is 0 Å². The lowest BCUT2D eigenvalue weighted by Gasteiger charge is -2.13. The Morgan fingerprint density at radius 1 is 0.545 bits per heavy atom. The molecule has 1 aromatic carbocycles. The summed E-state index contributed by atoms with van der Waals surface area (Å²) in [6, 6.07) is 3.83. The van der Waals surface area contributed by atoms with Crippen LogP contribution in [0.1, 0.15) is 0 Å². The lowest BCUT2D eigenvalue weighted by atomic mass is 10.2. The van der Waals surface area contributed by atoms with Crippen LogP contribution in [-0.2, 0) is 14.2 Å². The summed E-state index contributed by atoms with van der Waals surface area (Å²) in [5.41, 5.74) is 0. The van der Waals surface area contributed by atoms with E-state index in [1.54, 1.807) is 12.5 Å². The summed E-state index contributed by atoms with van der Waals surface area (Å²) in [6.45, 7) is 4.14. The van der Waals surface area contributed by atoms with Gasteiger partial charge in [0.15, 0.2) is 11.5 Å². The van der Waals surface area contributed by atoms with Crippen molar-refractivity contribution in [1.29, 1.82) is 0 Å². The number of ether oxygens (including phenoxy) is 5. The topological polar surface area (TPSA) is 59.3 Å². The fraction of sp³-hybridized carbons (Fsp3) is 0.500. The average molecular weight is 308 g/mol. The highest BCUT2D eigenvalue weighted by Gasteiger charge is 2.10. The first-order valence-electron chi connectivity index (χ1n) is 7.42. The van der Waals surface area contributed by atoms with Crippen molar-refractivity contribution in [2.24, 2.45) is 0 Å². The Labute approximate surface area is 128 Å². The maximum Gasteiger partial charge on any atom is 0.162 e. The number of hydrogen-bond acceptors (Lipinski definition) is 6. The van der Waals surface area contributed by atoms with Gasteiger partial charge < -0.3 is 28.1 Å². The first-order valence-corrected chi connectivity index (χ1v) is 7.42. The highest BCUT2D eigenvalue weighted by molar-refractivity contribution is 5.84. The molecule has 6 heteroatoms. The standard InChI is InChI=1S/C16H20O6/c1-3-18-5-7-21-15-9-13-11-20-12-14(13)10-16(15)22-8-6-19-4-2-17-1/h9-12H,1-8H2. The van der Waals surface area contributed by atoms with Crippen molar-refractivity contribution in [3.8, 4) is 11.5 Å². The van der Waals surface area contributed by atoms with Crippen LogP contribution in [0.5, 0.6) is 11.5 Å². The normalized spacial score (nSPS) is 18.5. The molecule has 0 atom stereocenters. The summed E-state index contributed by atoms with van der Waals surface area (Å²) in [7, 11) is 0. The van der Waals surface area contributed by atoms with Gasteiger partial charge in [-0.1, -0.05) is 0 Å². The van der Waals surface area contributed by atoms with E-state index in [0.717, 1.165) is 10.8 Å². The second-order valence-corrected chi connectivity index (χ2v) is 4.83. The number of hydrogen-bond donors (Lipinski definition) is 0. The molecule has 1 aliphatic rings. The Bertz CT molecular complexity index is 531. The van der Waals surface area contributed by atoms with Gasteiger partial charge in [-0.2, -0.15) is 0 Å². The number of fused-ring (bicyclic) bond motifs is 2. The Balaban J connectivity index is 1.70. The highest BCUT2D eigenvalue weighted by Crippen LogP contribution is 2.33. The maximum atomic E-state index is 5.77. The molecule has 6 nitrogen and oxygen atoms in total. The molecule has 22 heavy (non-hydrogen) atoms. The predicted octanol–water partition coefficient (Wildman–Crippen LogP) is 2.25. The molecule has 0 saturated heterocycles. The molecule has 0 spiro atoms. The van der Waals surface area contributed by atoms with Crippen LogP contribution in [0.3, 0.4) is 0 Å². The third-order valence-corrected chi connectivity index (χ3v) is 3.25. The molecule has 0 N–H and O–H groups in total. The van der Waals surface area contributed by atoms with Crippen LogP contribution in [0.2, 0.25) is 0 Å². The summed E-state index contributed by atoms with van der Waals surface area (Å²) in [5.74, 6) is 1.37. The van der Waals surface area contributed by atoms with E-state index >= 15 is 0 Å². The minimum Gasteiger partial charge on any atom is -0.487 e. The first-order chi connectivity index (χ1) is 10.9. The van der Waals surface area contributed by atoms with Crippen molar-refractivity contribution in [2.45, 2.75) is 0 Å². The van der Waals surface area contributed by atoms with Crippen molar-refractivity contribution < 1.29 is 28.1 Å². The van der Waals surface area contributed by atoms with E-state index in [0.29, 0.717) is 64.4 Å². The zero-order valence-electron chi connectivity index (χ0n) is 12.4. The van der Waals surface area contributed by atoms with E-state index < -0.39 is 0 Å². The number of rotatable bonds is 0. The molecular weight excluding hydrogens is 288 g/mol. The van der Waals surface area contributed by atoms with Gasteiger partial charge in [-0.3, -0.25) is 0 Å². The molecule has 120 valence electrons. The molecule has 3 rings (SSSR count). The molecule has 0 radical (unpaired) electrons. The van der Waals surface area contributed by atoms with Gasteiger partial charge in [0, 0.05) is 10.8 Å². The Morgan fingerprint density at radius 2 is 0.955 bits per heavy atom. The second-order valence-electron chi connectivity index (χ2n) is 4.83. The zero-order chi connectivity index (χ0) is 15.0. The minimum absolute atomic E-state index is 0.455. The predicted molar refractivity (Wildman–Crippen MR) is 79.7 cm³/mol. The average Bonchev–Trinajstić information content (AvgIpc) is 2.97. The zero-order valence-corrected chi connectivity index (χ0v) is 12.4. The molecule has 0 bridgehead atoms. The SMILES string of the molecule is c1occ2cc3c(cc12)OCCOCCOCCOCCO3. The van der Waals surface area contributed by atoms with Gasteiger partial charge in [0.1, 0.15) is 13.2 Å². The lowest BCUT2D eigenvalue weighted by Crippen LogP contribution is -2.13. The molecule has 1 aliphatic heterocycles. The van der Waals surface area contributed by atoms with Gasteiger partial charge in [-0.15, -0.1) is 0 Å². The van der Waals surface area contributed by atoms with Gasteiger partial charge in [0.25, 0.3) is 0 Å². The van der Waals surface area contributed by atoms with Crippen LogP contribution < -0.4 is 9.47 Å². The molecule has 1 aromatic heterocycles. The van der Waals surface area contributed by atoms with Gasteiger partial charge >= 0.3 is 0 Å².